The Hall–Kier alpha value is -3.52. The molecule has 0 N–H and O–H groups in total. The Morgan fingerprint density at radius 2 is 2.03 bits per heavy atom. The van der Waals surface area contributed by atoms with E-state index in [0.29, 0.717) is 11.5 Å². The van der Waals surface area contributed by atoms with Gasteiger partial charge in [-0.05, 0) is 23.8 Å². The second-order valence-electron chi connectivity index (χ2n) is 7.45. The standard InChI is InChI=1S/C24H23N3O4S/c1-3-8-19(4-2)32(29,30)14-13-27-16-18-9-5-6-11-20(18)22-21(24(27)28)26-23(31-22)17-10-7-12-25-15-17/h3-12,15,21-22H,1-2,13-14,16H2/b19-8+/t21-,22-/m0/s1. The number of sulfone groups is 1. The second-order valence-corrected chi connectivity index (χ2v) is 9.55. The number of nitrogens with zero attached hydrogens (tertiary/aromatic N) is 3. The Labute approximate surface area is 187 Å². The molecule has 0 fully saturated rings. The summed E-state index contributed by atoms with van der Waals surface area (Å²) in [4.78, 5) is 23.7. The number of fused-ring (bicyclic) bond motifs is 3. The van der Waals surface area contributed by atoms with E-state index < -0.39 is 22.0 Å². The van der Waals surface area contributed by atoms with E-state index in [2.05, 4.69) is 23.1 Å². The van der Waals surface area contributed by atoms with Gasteiger partial charge < -0.3 is 9.64 Å². The molecule has 1 aromatic carbocycles. The van der Waals surface area contributed by atoms with E-state index in [9.17, 15) is 13.2 Å². The quantitative estimate of drug-likeness (QED) is 0.607. The maximum Gasteiger partial charge on any atom is 0.252 e. The number of aliphatic imine (C=N–C) groups is 1. The number of aromatic nitrogens is 1. The van der Waals surface area contributed by atoms with E-state index in [4.69, 9.17) is 4.74 Å². The van der Waals surface area contributed by atoms with Crippen LogP contribution in [0.2, 0.25) is 0 Å². The number of benzene rings is 1. The van der Waals surface area contributed by atoms with Crippen LogP contribution in [0.15, 0.2) is 90.1 Å². The first-order valence-corrected chi connectivity index (χ1v) is 11.8. The van der Waals surface area contributed by atoms with Crippen molar-refractivity contribution in [3.63, 3.8) is 0 Å². The first-order chi connectivity index (χ1) is 15.4. The van der Waals surface area contributed by atoms with E-state index in [-0.39, 0.29) is 29.7 Å². The number of amides is 1. The van der Waals surface area contributed by atoms with Crippen molar-refractivity contribution >= 4 is 21.6 Å². The summed E-state index contributed by atoms with van der Waals surface area (Å²) in [6.45, 7) is 7.42. The maximum atomic E-state index is 13.4. The first kappa shape index (κ1) is 21.7. The van der Waals surface area contributed by atoms with Crippen LogP contribution in [-0.2, 0) is 25.9 Å². The highest BCUT2D eigenvalue weighted by Gasteiger charge is 2.43. The highest BCUT2D eigenvalue weighted by Crippen LogP contribution is 2.37. The molecule has 0 saturated heterocycles. The van der Waals surface area contributed by atoms with Crippen molar-refractivity contribution in [3.05, 3.63) is 102 Å². The zero-order valence-electron chi connectivity index (χ0n) is 17.4. The molecule has 3 heterocycles. The normalized spacial score (nSPS) is 20.5. The zero-order valence-corrected chi connectivity index (χ0v) is 18.2. The number of carbonyl (C=O) groups excluding carboxylic acids is 1. The molecule has 7 nitrogen and oxygen atoms in total. The van der Waals surface area contributed by atoms with Crippen LogP contribution in [0, 0.1) is 0 Å². The maximum absolute atomic E-state index is 13.4. The van der Waals surface area contributed by atoms with Gasteiger partial charge in [-0.3, -0.25) is 9.78 Å². The predicted molar refractivity (Wildman–Crippen MR) is 123 cm³/mol. The molecule has 2 aliphatic heterocycles. The summed E-state index contributed by atoms with van der Waals surface area (Å²) in [7, 11) is -3.62. The van der Waals surface area contributed by atoms with Crippen LogP contribution in [0.25, 0.3) is 0 Å². The third-order valence-electron chi connectivity index (χ3n) is 5.45. The summed E-state index contributed by atoms with van der Waals surface area (Å²) in [5, 5.41) is 0. The molecule has 1 aromatic heterocycles. The lowest BCUT2D eigenvalue weighted by molar-refractivity contribution is -0.133. The predicted octanol–water partition coefficient (Wildman–Crippen LogP) is 2.98. The van der Waals surface area contributed by atoms with Gasteiger partial charge in [0.1, 0.15) is 0 Å². The summed E-state index contributed by atoms with van der Waals surface area (Å²) in [5.74, 6) is -0.147. The molecule has 0 saturated carbocycles. The van der Waals surface area contributed by atoms with E-state index in [0.717, 1.165) is 11.1 Å². The number of rotatable bonds is 7. The average Bonchev–Trinajstić information content (AvgIpc) is 3.21. The van der Waals surface area contributed by atoms with Crippen molar-refractivity contribution in [1.82, 2.24) is 9.88 Å². The number of carbonyl (C=O) groups is 1. The lowest BCUT2D eigenvalue weighted by atomic mass is 9.99. The van der Waals surface area contributed by atoms with Crippen molar-refractivity contribution in [1.29, 1.82) is 0 Å². The number of hydrogen-bond acceptors (Lipinski definition) is 6. The van der Waals surface area contributed by atoms with Gasteiger partial charge in [0.2, 0.25) is 5.90 Å². The Balaban J connectivity index is 1.65. The highest BCUT2D eigenvalue weighted by atomic mass is 32.2. The summed E-state index contributed by atoms with van der Waals surface area (Å²) in [5.41, 5.74) is 2.46. The van der Waals surface area contributed by atoms with Crippen molar-refractivity contribution in [2.75, 3.05) is 12.3 Å². The fourth-order valence-corrected chi connectivity index (χ4v) is 5.09. The SMILES string of the molecule is C=C/C=C(\C=C)S(=O)(=O)CCN1Cc2ccccc2[C@@H]2OC(c3cccnc3)=N[C@@H]2C1=O. The van der Waals surface area contributed by atoms with Gasteiger partial charge in [-0.25, -0.2) is 13.4 Å². The molecule has 0 bridgehead atoms. The molecule has 0 aliphatic carbocycles. The Morgan fingerprint density at radius 3 is 2.75 bits per heavy atom. The molecule has 8 heteroatoms. The molecular formula is C24H23N3O4S. The minimum atomic E-state index is -3.62. The van der Waals surface area contributed by atoms with Crippen LogP contribution in [0.4, 0.5) is 0 Å². The minimum absolute atomic E-state index is 0.0266. The largest absolute Gasteiger partial charge is 0.466 e. The monoisotopic (exact) mass is 449 g/mol. The van der Waals surface area contributed by atoms with Crippen LogP contribution in [0.3, 0.4) is 0 Å². The molecule has 2 aliphatic rings. The van der Waals surface area contributed by atoms with Gasteiger partial charge in [0.25, 0.3) is 5.91 Å². The summed E-state index contributed by atoms with van der Waals surface area (Å²) >= 11 is 0. The van der Waals surface area contributed by atoms with E-state index >= 15 is 0 Å². The van der Waals surface area contributed by atoms with Gasteiger partial charge in [-0.15, -0.1) is 0 Å². The number of pyridine rings is 1. The van der Waals surface area contributed by atoms with E-state index in [1.54, 1.807) is 18.5 Å². The summed E-state index contributed by atoms with van der Waals surface area (Å²) in [6.07, 6.45) is 6.79. The molecule has 2 atom stereocenters. The molecule has 164 valence electrons. The molecule has 32 heavy (non-hydrogen) atoms. The van der Waals surface area contributed by atoms with Crippen LogP contribution in [-0.4, -0.2) is 48.4 Å². The number of hydrogen-bond donors (Lipinski definition) is 0. The van der Waals surface area contributed by atoms with Gasteiger partial charge in [-0.2, -0.15) is 0 Å². The summed E-state index contributed by atoms with van der Waals surface area (Å²) in [6, 6.07) is 10.4. The van der Waals surface area contributed by atoms with Gasteiger partial charge in [0.05, 0.1) is 16.2 Å². The Bertz CT molecular complexity index is 1220. The number of allylic oxidation sites excluding steroid dienone is 3. The fourth-order valence-electron chi connectivity index (χ4n) is 3.84. The molecule has 2 aromatic rings. The van der Waals surface area contributed by atoms with Gasteiger partial charge >= 0.3 is 0 Å². The second kappa shape index (κ2) is 8.92. The minimum Gasteiger partial charge on any atom is -0.466 e. The lowest BCUT2D eigenvalue weighted by Crippen LogP contribution is -2.40. The summed E-state index contributed by atoms with van der Waals surface area (Å²) < 4.78 is 31.5. The van der Waals surface area contributed by atoms with Crippen LogP contribution in [0.5, 0.6) is 0 Å². The van der Waals surface area contributed by atoms with Gasteiger partial charge in [0, 0.05) is 31.0 Å². The van der Waals surface area contributed by atoms with Crippen molar-refractivity contribution in [2.45, 2.75) is 18.7 Å². The highest BCUT2D eigenvalue weighted by molar-refractivity contribution is 7.95. The number of ether oxygens (including phenoxy) is 1. The van der Waals surface area contributed by atoms with Crippen molar-refractivity contribution < 1.29 is 17.9 Å². The molecule has 0 unspecified atom stereocenters. The van der Waals surface area contributed by atoms with Crippen LogP contribution >= 0.6 is 0 Å². The van der Waals surface area contributed by atoms with Crippen molar-refractivity contribution in [3.8, 4) is 0 Å². The first-order valence-electron chi connectivity index (χ1n) is 10.1. The molecular weight excluding hydrogens is 426 g/mol. The Morgan fingerprint density at radius 1 is 1.22 bits per heavy atom. The van der Waals surface area contributed by atoms with E-state index in [1.807, 2.05) is 30.3 Å². The topological polar surface area (TPSA) is 88.9 Å². The molecule has 1 amide bonds. The fraction of sp³-hybridized carbons (Fsp3) is 0.208. The lowest BCUT2D eigenvalue weighted by Gasteiger charge is -2.22. The average molecular weight is 450 g/mol. The van der Waals surface area contributed by atoms with Crippen LogP contribution < -0.4 is 0 Å². The third-order valence-corrected chi connectivity index (χ3v) is 7.19. The van der Waals surface area contributed by atoms with Gasteiger partial charge in [0.15, 0.2) is 22.0 Å². The van der Waals surface area contributed by atoms with Gasteiger partial charge in [-0.1, -0.05) is 49.6 Å². The zero-order chi connectivity index (χ0) is 22.7. The van der Waals surface area contributed by atoms with Crippen molar-refractivity contribution in [2.24, 2.45) is 4.99 Å². The molecule has 0 radical (unpaired) electrons. The molecule has 4 rings (SSSR count). The van der Waals surface area contributed by atoms with Crippen LogP contribution in [0.1, 0.15) is 22.8 Å². The smallest absolute Gasteiger partial charge is 0.252 e. The van der Waals surface area contributed by atoms with E-state index in [1.165, 1.54) is 23.1 Å². The third kappa shape index (κ3) is 4.13. The molecule has 0 spiro atoms. The Kier molecular flexibility index (Phi) is 6.05.